The number of allylic oxidation sites excluding steroid dienone is 4. The second kappa shape index (κ2) is 6.22. The molecule has 0 saturated carbocycles. The Morgan fingerprint density at radius 3 is 1.96 bits per heavy atom. The average molecular weight is 352 g/mol. The minimum absolute atomic E-state index is 0.117. The second-order valence-corrected chi connectivity index (χ2v) is 8.82. The minimum atomic E-state index is -4.33. The summed E-state index contributed by atoms with van der Waals surface area (Å²) >= 11 is 0. The molecule has 0 saturated heterocycles. The molecule has 1 aliphatic carbocycles. The highest BCUT2D eigenvalue weighted by molar-refractivity contribution is 5.52. The van der Waals surface area contributed by atoms with Gasteiger partial charge >= 0.3 is 6.18 Å². The zero-order chi connectivity index (χ0) is 19.2. The third-order valence-electron chi connectivity index (χ3n) is 4.64. The number of phenols is 1. The van der Waals surface area contributed by atoms with Crippen molar-refractivity contribution in [3.05, 3.63) is 52.6 Å². The molecular weight excluding hydrogens is 325 g/mol. The van der Waals surface area contributed by atoms with E-state index in [0.717, 1.165) is 17.2 Å². The number of rotatable bonds is 1. The largest absolute Gasteiger partial charge is 0.507 e. The monoisotopic (exact) mass is 352 g/mol. The van der Waals surface area contributed by atoms with Gasteiger partial charge in [-0.2, -0.15) is 13.2 Å². The summed E-state index contributed by atoms with van der Waals surface area (Å²) in [6.07, 6.45) is -0.209. The highest BCUT2D eigenvalue weighted by Crippen LogP contribution is 2.43. The Hall–Kier alpha value is -1.71. The normalized spacial score (nSPS) is 19.1. The van der Waals surface area contributed by atoms with Crippen molar-refractivity contribution >= 4 is 0 Å². The lowest BCUT2D eigenvalue weighted by Crippen LogP contribution is -2.18. The van der Waals surface area contributed by atoms with E-state index in [9.17, 15) is 18.3 Å². The molecule has 0 aliphatic heterocycles. The molecule has 0 spiro atoms. The van der Waals surface area contributed by atoms with Crippen LogP contribution in [0.15, 0.2) is 35.9 Å². The first-order valence-electron chi connectivity index (χ1n) is 8.54. The number of phenolic OH excluding ortho intramolecular Hbond substituents is 1. The van der Waals surface area contributed by atoms with Crippen LogP contribution in [0.1, 0.15) is 70.6 Å². The third kappa shape index (κ3) is 4.28. The predicted octanol–water partition coefficient (Wildman–Crippen LogP) is 6.52. The third-order valence-corrected chi connectivity index (χ3v) is 4.64. The Balaban J connectivity index is 2.52. The SMILES string of the molecule is CC(C)(C)c1cc([C@@H]2C=CC(C(F)(F)F)=CC2)c(O)c(C(C)(C)C)c1. The van der Waals surface area contributed by atoms with Crippen molar-refractivity contribution in [2.45, 2.75) is 70.9 Å². The van der Waals surface area contributed by atoms with Gasteiger partial charge in [-0.25, -0.2) is 0 Å². The van der Waals surface area contributed by atoms with Gasteiger partial charge in [-0.15, -0.1) is 0 Å². The molecule has 0 fully saturated rings. The Morgan fingerprint density at radius 1 is 0.960 bits per heavy atom. The van der Waals surface area contributed by atoms with Gasteiger partial charge in [0.15, 0.2) is 0 Å². The highest BCUT2D eigenvalue weighted by atomic mass is 19.4. The van der Waals surface area contributed by atoms with E-state index in [1.165, 1.54) is 6.08 Å². The first kappa shape index (κ1) is 19.6. The molecule has 1 aromatic rings. The van der Waals surface area contributed by atoms with E-state index >= 15 is 0 Å². The molecular formula is C21H27F3O. The topological polar surface area (TPSA) is 20.2 Å². The molecule has 1 nitrogen and oxygen atoms in total. The van der Waals surface area contributed by atoms with Crippen LogP contribution in [-0.2, 0) is 10.8 Å². The van der Waals surface area contributed by atoms with Crippen LogP contribution in [-0.4, -0.2) is 11.3 Å². The van der Waals surface area contributed by atoms with Crippen LogP contribution in [0.2, 0.25) is 0 Å². The number of hydrogen-bond donors (Lipinski definition) is 1. The molecule has 138 valence electrons. The fourth-order valence-electron chi connectivity index (χ4n) is 3.01. The lowest BCUT2D eigenvalue weighted by atomic mass is 9.76. The van der Waals surface area contributed by atoms with Gasteiger partial charge < -0.3 is 5.11 Å². The van der Waals surface area contributed by atoms with E-state index < -0.39 is 11.7 Å². The predicted molar refractivity (Wildman–Crippen MR) is 96.1 cm³/mol. The maximum Gasteiger partial charge on any atom is 0.416 e. The van der Waals surface area contributed by atoms with E-state index in [1.54, 1.807) is 6.08 Å². The van der Waals surface area contributed by atoms with Gasteiger partial charge in [-0.1, -0.05) is 71.9 Å². The standard InChI is InChI=1S/C21H27F3O/c1-19(2,3)15-11-16(18(25)17(12-15)20(4,5)6)13-7-9-14(10-8-13)21(22,23)24/h7,9-13,25H,8H2,1-6H3/t13-/m1/s1. The van der Waals surface area contributed by atoms with E-state index in [2.05, 4.69) is 20.8 Å². The molecule has 25 heavy (non-hydrogen) atoms. The summed E-state index contributed by atoms with van der Waals surface area (Å²) in [5.41, 5.74) is 1.61. The van der Waals surface area contributed by atoms with Crippen LogP contribution in [0.25, 0.3) is 0 Å². The van der Waals surface area contributed by atoms with Crippen molar-refractivity contribution in [3.8, 4) is 5.75 Å². The first-order valence-corrected chi connectivity index (χ1v) is 8.54. The van der Waals surface area contributed by atoms with Gasteiger partial charge in [-0.05, 0) is 28.4 Å². The van der Waals surface area contributed by atoms with Crippen molar-refractivity contribution < 1.29 is 18.3 Å². The first-order chi connectivity index (χ1) is 11.2. The summed E-state index contributed by atoms with van der Waals surface area (Å²) in [7, 11) is 0. The average Bonchev–Trinajstić information content (AvgIpc) is 2.44. The molecule has 1 aliphatic rings. The van der Waals surface area contributed by atoms with Gasteiger partial charge in [0, 0.05) is 11.5 Å². The van der Waals surface area contributed by atoms with Gasteiger partial charge in [0.25, 0.3) is 0 Å². The van der Waals surface area contributed by atoms with E-state index in [4.69, 9.17) is 0 Å². The number of alkyl halides is 3. The van der Waals surface area contributed by atoms with Crippen molar-refractivity contribution in [3.63, 3.8) is 0 Å². The molecule has 1 N–H and O–H groups in total. The quantitative estimate of drug-likeness (QED) is 0.610. The molecule has 4 heteroatoms. The highest BCUT2D eigenvalue weighted by Gasteiger charge is 2.34. The zero-order valence-corrected chi connectivity index (χ0v) is 15.8. The Morgan fingerprint density at radius 2 is 1.56 bits per heavy atom. The van der Waals surface area contributed by atoms with Gasteiger partial charge in [0.05, 0.1) is 5.57 Å². The summed E-state index contributed by atoms with van der Waals surface area (Å²) in [6.45, 7) is 12.3. The number of aromatic hydroxyl groups is 1. The summed E-state index contributed by atoms with van der Waals surface area (Å²) in [5, 5.41) is 10.8. The number of hydrogen-bond acceptors (Lipinski definition) is 1. The molecule has 1 atom stereocenters. The molecule has 0 radical (unpaired) electrons. The van der Waals surface area contributed by atoms with Crippen molar-refractivity contribution in [2.24, 2.45) is 0 Å². The molecule has 0 unspecified atom stereocenters. The number of benzene rings is 1. The van der Waals surface area contributed by atoms with Gasteiger partial charge in [0.2, 0.25) is 0 Å². The van der Waals surface area contributed by atoms with Gasteiger partial charge in [0.1, 0.15) is 5.75 Å². The molecule has 0 amide bonds. The van der Waals surface area contributed by atoms with E-state index in [0.29, 0.717) is 5.56 Å². The van der Waals surface area contributed by atoms with Crippen LogP contribution in [0.4, 0.5) is 13.2 Å². The molecule has 0 bridgehead atoms. The van der Waals surface area contributed by atoms with Crippen LogP contribution in [0, 0.1) is 0 Å². The minimum Gasteiger partial charge on any atom is -0.507 e. The molecule has 0 aromatic heterocycles. The molecule has 1 aromatic carbocycles. The molecule has 2 rings (SSSR count). The maximum atomic E-state index is 12.8. The summed E-state index contributed by atoms with van der Waals surface area (Å²) in [5.74, 6) is -0.0616. The smallest absolute Gasteiger partial charge is 0.416 e. The van der Waals surface area contributed by atoms with Gasteiger partial charge in [-0.3, -0.25) is 0 Å². The van der Waals surface area contributed by atoms with E-state index in [1.807, 2.05) is 32.9 Å². The summed E-state index contributed by atoms with van der Waals surface area (Å²) < 4.78 is 38.5. The van der Waals surface area contributed by atoms with Crippen LogP contribution >= 0.6 is 0 Å². The van der Waals surface area contributed by atoms with E-state index in [-0.39, 0.29) is 28.9 Å². The Kier molecular flexibility index (Phi) is 4.88. The van der Waals surface area contributed by atoms with Crippen molar-refractivity contribution in [1.82, 2.24) is 0 Å². The van der Waals surface area contributed by atoms with Crippen LogP contribution in [0.3, 0.4) is 0 Å². The van der Waals surface area contributed by atoms with Crippen molar-refractivity contribution in [2.75, 3.05) is 0 Å². The molecule has 0 heterocycles. The zero-order valence-electron chi connectivity index (χ0n) is 15.8. The Labute approximate surface area is 148 Å². The van der Waals surface area contributed by atoms with Crippen molar-refractivity contribution in [1.29, 1.82) is 0 Å². The maximum absolute atomic E-state index is 12.8. The lowest BCUT2D eigenvalue weighted by Gasteiger charge is -2.29. The number of halogens is 3. The lowest BCUT2D eigenvalue weighted by molar-refractivity contribution is -0.0886. The fraction of sp³-hybridized carbons (Fsp3) is 0.524. The summed E-state index contributed by atoms with van der Waals surface area (Å²) in [6, 6.07) is 3.95. The second-order valence-electron chi connectivity index (χ2n) is 8.82. The van der Waals surface area contributed by atoms with Crippen LogP contribution < -0.4 is 0 Å². The van der Waals surface area contributed by atoms with Crippen LogP contribution in [0.5, 0.6) is 5.75 Å². The summed E-state index contributed by atoms with van der Waals surface area (Å²) in [4.78, 5) is 0. The Bertz CT molecular complexity index is 710. The fourth-order valence-corrected chi connectivity index (χ4v) is 3.01.